The summed E-state index contributed by atoms with van der Waals surface area (Å²) >= 11 is 0. The van der Waals surface area contributed by atoms with Crippen LogP contribution in [0.3, 0.4) is 0 Å². The van der Waals surface area contributed by atoms with Gasteiger partial charge in [0.25, 0.3) is 0 Å². The minimum absolute atomic E-state index is 0.410. The minimum Gasteiger partial charge on any atom is -0.370 e. The van der Waals surface area contributed by atoms with Crippen molar-refractivity contribution in [1.82, 2.24) is 15.1 Å². The first kappa shape index (κ1) is 13.9. The molecule has 0 spiro atoms. The van der Waals surface area contributed by atoms with Crippen LogP contribution in [0, 0.1) is 0 Å². The molecule has 0 saturated carbocycles. The topological polar surface area (TPSA) is 68.2 Å². The monoisotopic (exact) mass is 269 g/mol. The van der Waals surface area contributed by atoms with Crippen molar-refractivity contribution in [2.75, 3.05) is 6.54 Å². The number of nitrogens with zero attached hydrogens (tertiary/aromatic N) is 3. The third-order valence-electron chi connectivity index (χ3n) is 2.80. The number of aliphatic imine (C=N–C) groups is 1. The summed E-state index contributed by atoms with van der Waals surface area (Å²) in [5, 5.41) is 7.44. The van der Waals surface area contributed by atoms with Gasteiger partial charge in [-0.15, -0.1) is 6.58 Å². The van der Waals surface area contributed by atoms with Gasteiger partial charge in [0.05, 0.1) is 12.2 Å². The van der Waals surface area contributed by atoms with Crippen LogP contribution in [-0.2, 0) is 13.6 Å². The third-order valence-corrected chi connectivity index (χ3v) is 2.80. The highest BCUT2D eigenvalue weighted by atomic mass is 15.3. The summed E-state index contributed by atoms with van der Waals surface area (Å²) in [6.45, 7) is 4.72. The van der Waals surface area contributed by atoms with E-state index in [4.69, 9.17) is 5.73 Å². The Labute approximate surface area is 118 Å². The van der Waals surface area contributed by atoms with Gasteiger partial charge in [-0.25, -0.2) is 4.99 Å². The molecule has 2 rings (SSSR count). The van der Waals surface area contributed by atoms with Crippen LogP contribution < -0.4 is 11.1 Å². The first-order chi connectivity index (χ1) is 9.70. The second kappa shape index (κ2) is 6.56. The Morgan fingerprint density at radius 2 is 2.20 bits per heavy atom. The van der Waals surface area contributed by atoms with Gasteiger partial charge >= 0.3 is 0 Å². The van der Waals surface area contributed by atoms with Gasteiger partial charge < -0.3 is 11.1 Å². The summed E-state index contributed by atoms with van der Waals surface area (Å²) in [4.78, 5) is 4.31. The molecule has 5 heteroatoms. The van der Waals surface area contributed by atoms with Crippen LogP contribution in [-0.4, -0.2) is 22.3 Å². The summed E-state index contributed by atoms with van der Waals surface area (Å²) in [6, 6.07) is 10.1. The molecule has 1 aromatic carbocycles. The standard InChI is InChI=1S/C15H19N5/c1-3-9-17-15(16)18-10-13-11-20(2)19-14(13)12-7-5-4-6-8-12/h3-8,11H,1,9-10H2,2H3,(H3,16,17,18). The molecule has 0 unspecified atom stereocenters. The van der Waals surface area contributed by atoms with Crippen molar-refractivity contribution in [3.05, 3.63) is 54.7 Å². The fourth-order valence-electron chi connectivity index (χ4n) is 1.90. The van der Waals surface area contributed by atoms with E-state index in [9.17, 15) is 0 Å². The van der Waals surface area contributed by atoms with Gasteiger partial charge in [-0.3, -0.25) is 4.68 Å². The van der Waals surface area contributed by atoms with Crippen LogP contribution in [0.2, 0.25) is 0 Å². The number of aromatic nitrogens is 2. The smallest absolute Gasteiger partial charge is 0.189 e. The van der Waals surface area contributed by atoms with Crippen LogP contribution in [0.5, 0.6) is 0 Å². The summed E-state index contributed by atoms with van der Waals surface area (Å²) in [7, 11) is 1.90. The fraction of sp³-hybridized carbons (Fsp3) is 0.200. The number of rotatable bonds is 5. The van der Waals surface area contributed by atoms with Gasteiger partial charge in [0, 0.05) is 30.9 Å². The maximum atomic E-state index is 5.77. The van der Waals surface area contributed by atoms with Crippen LogP contribution in [0.4, 0.5) is 0 Å². The van der Waals surface area contributed by atoms with Crippen molar-refractivity contribution >= 4 is 5.96 Å². The van der Waals surface area contributed by atoms with Crippen molar-refractivity contribution < 1.29 is 0 Å². The molecule has 0 fully saturated rings. The molecule has 1 aromatic heterocycles. The molecule has 0 aliphatic heterocycles. The molecule has 2 aromatic rings. The predicted octanol–water partition coefficient (Wildman–Crippen LogP) is 1.68. The number of hydrogen-bond donors (Lipinski definition) is 2. The molecule has 5 nitrogen and oxygen atoms in total. The number of nitrogens with one attached hydrogen (secondary N) is 1. The zero-order valence-electron chi connectivity index (χ0n) is 11.6. The van der Waals surface area contributed by atoms with E-state index in [1.165, 1.54) is 0 Å². The van der Waals surface area contributed by atoms with Gasteiger partial charge in [-0.2, -0.15) is 5.10 Å². The summed E-state index contributed by atoms with van der Waals surface area (Å²) in [5.74, 6) is 0.410. The quantitative estimate of drug-likeness (QED) is 0.493. The van der Waals surface area contributed by atoms with E-state index < -0.39 is 0 Å². The lowest BCUT2D eigenvalue weighted by Gasteiger charge is -2.03. The van der Waals surface area contributed by atoms with E-state index in [1.807, 2.05) is 43.6 Å². The van der Waals surface area contributed by atoms with Crippen molar-refractivity contribution in [1.29, 1.82) is 0 Å². The summed E-state index contributed by atoms with van der Waals surface area (Å²) in [6.07, 6.45) is 3.70. The predicted molar refractivity (Wildman–Crippen MR) is 82.2 cm³/mol. The first-order valence-electron chi connectivity index (χ1n) is 6.43. The van der Waals surface area contributed by atoms with Crippen LogP contribution in [0.1, 0.15) is 5.56 Å². The Morgan fingerprint density at radius 1 is 1.45 bits per heavy atom. The Kier molecular flexibility index (Phi) is 4.55. The van der Waals surface area contributed by atoms with Crippen molar-refractivity contribution in [2.24, 2.45) is 17.8 Å². The molecular formula is C15H19N5. The largest absolute Gasteiger partial charge is 0.370 e. The highest BCUT2D eigenvalue weighted by Gasteiger charge is 2.09. The number of aryl methyl sites for hydroxylation is 1. The van der Waals surface area contributed by atoms with E-state index >= 15 is 0 Å². The van der Waals surface area contributed by atoms with Crippen molar-refractivity contribution in [3.63, 3.8) is 0 Å². The fourth-order valence-corrected chi connectivity index (χ4v) is 1.90. The maximum Gasteiger partial charge on any atom is 0.189 e. The molecule has 0 aliphatic carbocycles. The van der Waals surface area contributed by atoms with E-state index in [0.717, 1.165) is 16.8 Å². The van der Waals surface area contributed by atoms with E-state index in [-0.39, 0.29) is 0 Å². The number of guanidine groups is 1. The Hall–Kier alpha value is -2.56. The Morgan fingerprint density at radius 3 is 2.90 bits per heavy atom. The molecule has 0 aliphatic rings. The van der Waals surface area contributed by atoms with Crippen LogP contribution in [0.25, 0.3) is 11.3 Å². The molecule has 3 N–H and O–H groups in total. The molecule has 0 amide bonds. The molecule has 0 atom stereocenters. The molecular weight excluding hydrogens is 250 g/mol. The zero-order valence-corrected chi connectivity index (χ0v) is 11.6. The molecule has 0 radical (unpaired) electrons. The van der Waals surface area contributed by atoms with Gasteiger partial charge in [-0.1, -0.05) is 36.4 Å². The van der Waals surface area contributed by atoms with E-state index in [1.54, 1.807) is 10.8 Å². The second-order valence-electron chi connectivity index (χ2n) is 4.41. The van der Waals surface area contributed by atoms with Gasteiger partial charge in [0.2, 0.25) is 0 Å². The lowest BCUT2D eigenvalue weighted by Crippen LogP contribution is -2.31. The Balaban J connectivity index is 2.19. The van der Waals surface area contributed by atoms with Gasteiger partial charge in [0.1, 0.15) is 0 Å². The van der Waals surface area contributed by atoms with Crippen molar-refractivity contribution in [3.8, 4) is 11.3 Å². The van der Waals surface area contributed by atoms with E-state index in [0.29, 0.717) is 19.0 Å². The lowest BCUT2D eigenvalue weighted by atomic mass is 10.1. The number of nitrogens with two attached hydrogens (primary N) is 1. The van der Waals surface area contributed by atoms with E-state index in [2.05, 4.69) is 22.0 Å². The minimum atomic E-state index is 0.410. The Bertz CT molecular complexity index is 598. The molecule has 104 valence electrons. The maximum absolute atomic E-state index is 5.77. The first-order valence-corrected chi connectivity index (χ1v) is 6.43. The third kappa shape index (κ3) is 3.47. The number of hydrogen-bond acceptors (Lipinski definition) is 2. The van der Waals surface area contributed by atoms with Crippen LogP contribution in [0.15, 0.2) is 54.2 Å². The average molecular weight is 269 g/mol. The molecule has 1 heterocycles. The summed E-state index contributed by atoms with van der Waals surface area (Å²) < 4.78 is 1.79. The van der Waals surface area contributed by atoms with Crippen molar-refractivity contribution in [2.45, 2.75) is 6.54 Å². The zero-order chi connectivity index (χ0) is 14.4. The lowest BCUT2D eigenvalue weighted by molar-refractivity contribution is 0.769. The molecule has 0 bridgehead atoms. The summed E-state index contributed by atoms with van der Waals surface area (Å²) in [5.41, 5.74) is 8.83. The molecule has 0 saturated heterocycles. The van der Waals surface area contributed by atoms with Crippen LogP contribution >= 0.6 is 0 Å². The number of benzene rings is 1. The highest BCUT2D eigenvalue weighted by molar-refractivity contribution is 5.78. The highest BCUT2D eigenvalue weighted by Crippen LogP contribution is 2.21. The molecule has 20 heavy (non-hydrogen) atoms. The normalized spacial score (nSPS) is 11.3. The second-order valence-corrected chi connectivity index (χ2v) is 4.41. The average Bonchev–Trinajstić information content (AvgIpc) is 2.85. The SMILES string of the molecule is C=CCNC(N)=NCc1cn(C)nc1-c1ccccc1. The van der Waals surface area contributed by atoms with Gasteiger partial charge in [-0.05, 0) is 0 Å². The van der Waals surface area contributed by atoms with Gasteiger partial charge in [0.15, 0.2) is 5.96 Å².